The van der Waals surface area contributed by atoms with E-state index in [2.05, 4.69) is 16.1 Å². The molecule has 0 N–H and O–H groups in total. The average Bonchev–Trinajstić information content (AvgIpc) is 3.44. The van der Waals surface area contributed by atoms with Crippen LogP contribution in [-0.4, -0.2) is 35.9 Å². The number of para-hydroxylation sites is 1. The summed E-state index contributed by atoms with van der Waals surface area (Å²) in [6.07, 6.45) is 5.75. The van der Waals surface area contributed by atoms with Crippen LogP contribution in [0.1, 0.15) is 31.0 Å². The fraction of sp³-hybridized carbons (Fsp3) is 0.233. The zero-order valence-corrected chi connectivity index (χ0v) is 23.1. The minimum absolute atomic E-state index is 0.202. The Bertz CT molecular complexity index is 1810. The first-order valence-corrected chi connectivity index (χ1v) is 13.3. The van der Waals surface area contributed by atoms with E-state index < -0.39 is 12.0 Å². The Kier molecular flexibility index (Phi) is 7.26. The van der Waals surface area contributed by atoms with Crippen molar-refractivity contribution in [2.75, 3.05) is 20.8 Å². The molecule has 0 aliphatic carbocycles. The molecule has 0 spiro atoms. The lowest BCUT2D eigenvalue weighted by Gasteiger charge is -2.25. The molecule has 1 aliphatic rings. The van der Waals surface area contributed by atoms with Crippen molar-refractivity contribution in [3.8, 4) is 11.5 Å². The van der Waals surface area contributed by atoms with Crippen molar-refractivity contribution in [1.82, 2.24) is 9.13 Å². The Balaban J connectivity index is 1.75. The summed E-state index contributed by atoms with van der Waals surface area (Å²) < 4.78 is 20.5. The fourth-order valence-corrected chi connectivity index (χ4v) is 5.99. The number of benzene rings is 2. The zero-order valence-electron chi connectivity index (χ0n) is 22.3. The average molecular weight is 544 g/mol. The van der Waals surface area contributed by atoms with E-state index in [9.17, 15) is 9.59 Å². The van der Waals surface area contributed by atoms with Gasteiger partial charge in [0.05, 0.1) is 42.7 Å². The summed E-state index contributed by atoms with van der Waals surface area (Å²) >= 11 is 1.29. The largest absolute Gasteiger partial charge is 0.493 e. The SMILES string of the molecule is C=CCn1cc(/C=c2\sc3n(c2=O)[C@@H](c2ccc(OC)c(OC)c2)C(C(=O)OCC)=C(C)N=3)c2ccccc21. The molecule has 0 radical (unpaired) electrons. The number of methoxy groups -OCH3 is 2. The minimum Gasteiger partial charge on any atom is -0.493 e. The minimum atomic E-state index is -0.746. The van der Waals surface area contributed by atoms with E-state index in [1.165, 1.54) is 11.3 Å². The summed E-state index contributed by atoms with van der Waals surface area (Å²) in [4.78, 5) is 32.4. The van der Waals surface area contributed by atoms with Gasteiger partial charge < -0.3 is 18.8 Å². The number of ether oxygens (including phenoxy) is 3. The summed E-state index contributed by atoms with van der Waals surface area (Å²) in [5.41, 5.74) is 3.23. The molecule has 1 atom stereocenters. The molecule has 0 fully saturated rings. The molecule has 0 unspecified atom stereocenters. The van der Waals surface area contributed by atoms with Gasteiger partial charge in [-0.25, -0.2) is 9.79 Å². The van der Waals surface area contributed by atoms with Gasteiger partial charge in [-0.3, -0.25) is 9.36 Å². The van der Waals surface area contributed by atoms with Gasteiger partial charge in [0.25, 0.3) is 5.56 Å². The van der Waals surface area contributed by atoms with Crippen LogP contribution in [0.3, 0.4) is 0 Å². The Hall–Kier alpha value is -4.37. The van der Waals surface area contributed by atoms with E-state index in [1.807, 2.05) is 48.7 Å². The van der Waals surface area contributed by atoms with Gasteiger partial charge in [0, 0.05) is 29.2 Å². The topological polar surface area (TPSA) is 84.0 Å². The molecule has 0 saturated heterocycles. The van der Waals surface area contributed by atoms with Crippen LogP contribution in [0.5, 0.6) is 11.5 Å². The molecule has 2 aromatic carbocycles. The molecule has 0 bridgehead atoms. The maximum absolute atomic E-state index is 14.0. The molecule has 8 nitrogen and oxygen atoms in total. The second-order valence-electron chi connectivity index (χ2n) is 8.96. The number of carbonyl (C=O) groups is 1. The molecular weight excluding hydrogens is 514 g/mol. The van der Waals surface area contributed by atoms with Gasteiger partial charge in [-0.15, -0.1) is 6.58 Å². The number of hydrogen-bond acceptors (Lipinski definition) is 7. The summed E-state index contributed by atoms with van der Waals surface area (Å²) in [7, 11) is 3.10. The molecule has 4 aromatic rings. The highest BCUT2D eigenvalue weighted by atomic mass is 32.1. The van der Waals surface area contributed by atoms with Gasteiger partial charge in [0.2, 0.25) is 0 Å². The molecule has 1 aliphatic heterocycles. The van der Waals surface area contributed by atoms with E-state index >= 15 is 0 Å². The summed E-state index contributed by atoms with van der Waals surface area (Å²) in [6, 6.07) is 12.7. The summed E-state index contributed by atoms with van der Waals surface area (Å²) in [6.45, 7) is 8.22. The first kappa shape index (κ1) is 26.2. The monoisotopic (exact) mass is 543 g/mol. The molecule has 2 aromatic heterocycles. The molecule has 200 valence electrons. The van der Waals surface area contributed by atoms with Crippen LogP contribution < -0.4 is 24.4 Å². The third kappa shape index (κ3) is 4.59. The second-order valence-corrected chi connectivity index (χ2v) is 9.97. The van der Waals surface area contributed by atoms with Crippen molar-refractivity contribution in [2.45, 2.75) is 26.4 Å². The van der Waals surface area contributed by atoms with Gasteiger partial charge in [-0.05, 0) is 43.7 Å². The number of fused-ring (bicyclic) bond motifs is 2. The third-order valence-corrected chi connectivity index (χ3v) is 7.66. The first-order valence-electron chi connectivity index (χ1n) is 12.5. The van der Waals surface area contributed by atoms with Gasteiger partial charge >= 0.3 is 5.97 Å². The predicted octanol–water partition coefficient (Wildman–Crippen LogP) is 3.96. The van der Waals surface area contributed by atoms with E-state index in [4.69, 9.17) is 14.2 Å². The van der Waals surface area contributed by atoms with E-state index in [0.29, 0.717) is 44.2 Å². The van der Waals surface area contributed by atoms with Crippen LogP contribution in [0.25, 0.3) is 17.0 Å². The highest BCUT2D eigenvalue weighted by molar-refractivity contribution is 7.07. The number of nitrogens with zero attached hydrogens (tertiary/aromatic N) is 3. The van der Waals surface area contributed by atoms with Crippen LogP contribution in [0.4, 0.5) is 0 Å². The zero-order chi connectivity index (χ0) is 27.7. The molecule has 9 heteroatoms. The molecular formula is C30H29N3O5S. The van der Waals surface area contributed by atoms with E-state index in [1.54, 1.807) is 44.8 Å². The Morgan fingerprint density at radius 2 is 1.92 bits per heavy atom. The maximum Gasteiger partial charge on any atom is 0.338 e. The lowest BCUT2D eigenvalue weighted by atomic mass is 9.95. The van der Waals surface area contributed by atoms with Gasteiger partial charge in [-0.2, -0.15) is 0 Å². The van der Waals surface area contributed by atoms with Crippen molar-refractivity contribution in [2.24, 2.45) is 4.99 Å². The highest BCUT2D eigenvalue weighted by Crippen LogP contribution is 2.36. The molecule has 39 heavy (non-hydrogen) atoms. The second kappa shape index (κ2) is 10.8. The molecule has 0 amide bonds. The Labute approximate surface area is 229 Å². The number of aromatic nitrogens is 2. The highest BCUT2D eigenvalue weighted by Gasteiger charge is 2.34. The maximum atomic E-state index is 14.0. The van der Waals surface area contributed by atoms with Crippen molar-refractivity contribution in [3.63, 3.8) is 0 Å². The van der Waals surface area contributed by atoms with Gasteiger partial charge in [0.15, 0.2) is 16.3 Å². The fourth-order valence-electron chi connectivity index (χ4n) is 4.95. The Morgan fingerprint density at radius 1 is 1.15 bits per heavy atom. The number of carbonyl (C=O) groups excluding carboxylic acids is 1. The predicted molar refractivity (Wildman–Crippen MR) is 152 cm³/mol. The molecule has 0 saturated carbocycles. The molecule has 5 rings (SSSR count). The van der Waals surface area contributed by atoms with Crippen LogP contribution in [0.2, 0.25) is 0 Å². The summed E-state index contributed by atoms with van der Waals surface area (Å²) in [5, 5.41) is 1.03. The Morgan fingerprint density at radius 3 is 2.64 bits per heavy atom. The number of esters is 1. The van der Waals surface area contributed by atoms with E-state index in [-0.39, 0.29) is 12.2 Å². The first-order chi connectivity index (χ1) is 18.9. The van der Waals surface area contributed by atoms with Crippen LogP contribution in [0.15, 0.2) is 82.4 Å². The van der Waals surface area contributed by atoms with Crippen LogP contribution >= 0.6 is 11.3 Å². The number of rotatable bonds is 8. The standard InChI is InChI=1S/C30H29N3O5S/c1-6-14-32-17-20(21-10-8-9-11-22(21)32)16-25-28(34)33-27(19-12-13-23(36-4)24(15-19)37-5)26(29(35)38-7-2)18(3)31-30(33)39-25/h6,8-13,15-17,27H,1,7,14H2,2-5H3/b25-16-/t27-/m0/s1. The van der Waals surface area contributed by atoms with Crippen molar-refractivity contribution in [3.05, 3.63) is 103 Å². The van der Waals surface area contributed by atoms with Crippen molar-refractivity contribution < 1.29 is 19.0 Å². The van der Waals surface area contributed by atoms with Gasteiger partial charge in [0.1, 0.15) is 0 Å². The smallest absolute Gasteiger partial charge is 0.338 e. The quantitative estimate of drug-likeness (QED) is 0.248. The number of thiazole rings is 1. The van der Waals surface area contributed by atoms with Crippen LogP contribution in [-0.2, 0) is 16.1 Å². The lowest BCUT2D eigenvalue weighted by Crippen LogP contribution is -2.39. The summed E-state index contributed by atoms with van der Waals surface area (Å²) in [5.74, 6) is 0.522. The lowest BCUT2D eigenvalue weighted by molar-refractivity contribution is -0.139. The number of allylic oxidation sites excluding steroid dienone is 2. The normalized spacial score (nSPS) is 15.2. The third-order valence-electron chi connectivity index (χ3n) is 6.67. The van der Waals surface area contributed by atoms with Crippen molar-refractivity contribution >= 4 is 34.3 Å². The number of hydrogen-bond donors (Lipinski definition) is 0. The van der Waals surface area contributed by atoms with Gasteiger partial charge in [-0.1, -0.05) is 41.7 Å². The van der Waals surface area contributed by atoms with Crippen LogP contribution in [0, 0.1) is 0 Å². The van der Waals surface area contributed by atoms with E-state index in [0.717, 1.165) is 16.5 Å². The molecule has 3 heterocycles. The van der Waals surface area contributed by atoms with Crippen molar-refractivity contribution in [1.29, 1.82) is 0 Å².